The molecule has 0 aromatic heterocycles. The molecule has 2 heteroatoms. The van der Waals surface area contributed by atoms with E-state index in [2.05, 4.69) is 26.1 Å². The van der Waals surface area contributed by atoms with Crippen LogP contribution < -0.4 is 5.32 Å². The summed E-state index contributed by atoms with van der Waals surface area (Å²) >= 11 is 0. The van der Waals surface area contributed by atoms with E-state index in [4.69, 9.17) is 0 Å². The number of benzene rings is 1. The maximum Gasteiger partial charge on any atom is 0.0914 e. The first-order chi connectivity index (χ1) is 7.99. The number of nitrogens with one attached hydrogen (secondary N) is 1. The molecule has 2 unspecified atom stereocenters. The lowest BCUT2D eigenvalue weighted by Gasteiger charge is -2.19. The first kappa shape index (κ1) is 14.2. The second kappa shape index (κ2) is 6.77. The molecule has 0 aliphatic heterocycles. The van der Waals surface area contributed by atoms with Crippen LogP contribution in [0.15, 0.2) is 24.3 Å². The van der Waals surface area contributed by atoms with Gasteiger partial charge in [-0.2, -0.15) is 0 Å². The molecule has 0 saturated carbocycles. The van der Waals surface area contributed by atoms with Crippen molar-refractivity contribution in [1.29, 1.82) is 0 Å². The largest absolute Gasteiger partial charge is 0.387 e. The molecule has 0 radical (unpaired) electrons. The van der Waals surface area contributed by atoms with Gasteiger partial charge in [0.15, 0.2) is 0 Å². The fourth-order valence-electron chi connectivity index (χ4n) is 2.10. The van der Waals surface area contributed by atoms with Crippen LogP contribution in [0.25, 0.3) is 0 Å². The Balaban J connectivity index is 2.42. The summed E-state index contributed by atoms with van der Waals surface area (Å²) < 4.78 is 0. The topological polar surface area (TPSA) is 32.3 Å². The van der Waals surface area contributed by atoms with Gasteiger partial charge < -0.3 is 10.4 Å². The summed E-state index contributed by atoms with van der Waals surface area (Å²) in [5.41, 5.74) is 2.19. The van der Waals surface area contributed by atoms with Crippen LogP contribution in [0.4, 0.5) is 0 Å². The molecule has 2 nitrogen and oxygen atoms in total. The molecule has 0 aliphatic rings. The molecular weight excluding hydrogens is 210 g/mol. The Morgan fingerprint density at radius 2 is 1.94 bits per heavy atom. The third-order valence-corrected chi connectivity index (χ3v) is 2.91. The zero-order chi connectivity index (χ0) is 12.8. The normalized spacial score (nSPS) is 14.9. The molecule has 1 rings (SSSR count). The highest BCUT2D eigenvalue weighted by Crippen LogP contribution is 2.14. The van der Waals surface area contributed by atoms with Gasteiger partial charge in [0.05, 0.1) is 6.10 Å². The van der Waals surface area contributed by atoms with Gasteiger partial charge in [0.1, 0.15) is 0 Å². The standard InChI is InChI=1S/C15H25NO/c1-11(2)8-13(4)16-10-15(17)14-7-5-6-12(3)9-14/h5-7,9,11,13,15-17H,8,10H2,1-4H3. The maximum atomic E-state index is 10.1. The quantitative estimate of drug-likeness (QED) is 0.794. The molecule has 0 saturated heterocycles. The van der Waals surface area contributed by atoms with Crippen LogP contribution in [0, 0.1) is 12.8 Å². The van der Waals surface area contributed by atoms with Gasteiger partial charge in [-0.1, -0.05) is 43.7 Å². The molecule has 0 bridgehead atoms. The Bertz CT molecular complexity index is 335. The highest BCUT2D eigenvalue weighted by molar-refractivity contribution is 5.24. The molecule has 0 amide bonds. The molecule has 17 heavy (non-hydrogen) atoms. The van der Waals surface area contributed by atoms with Gasteiger partial charge in [-0.05, 0) is 31.7 Å². The predicted molar refractivity (Wildman–Crippen MR) is 73.1 cm³/mol. The van der Waals surface area contributed by atoms with Crippen LogP contribution in [0.5, 0.6) is 0 Å². The SMILES string of the molecule is Cc1cccc(C(O)CNC(C)CC(C)C)c1. The Morgan fingerprint density at radius 1 is 1.24 bits per heavy atom. The van der Waals surface area contributed by atoms with Gasteiger partial charge in [0.25, 0.3) is 0 Å². The van der Waals surface area contributed by atoms with Gasteiger partial charge in [-0.15, -0.1) is 0 Å². The molecule has 96 valence electrons. The van der Waals surface area contributed by atoms with E-state index >= 15 is 0 Å². The van der Waals surface area contributed by atoms with Gasteiger partial charge >= 0.3 is 0 Å². The lowest BCUT2D eigenvalue weighted by atomic mass is 10.0. The Hall–Kier alpha value is -0.860. The second-order valence-electron chi connectivity index (χ2n) is 5.37. The molecule has 0 aliphatic carbocycles. The monoisotopic (exact) mass is 235 g/mol. The third-order valence-electron chi connectivity index (χ3n) is 2.91. The number of aliphatic hydroxyl groups is 1. The van der Waals surface area contributed by atoms with Crippen LogP contribution >= 0.6 is 0 Å². The van der Waals surface area contributed by atoms with Crippen molar-refractivity contribution in [2.75, 3.05) is 6.54 Å². The van der Waals surface area contributed by atoms with E-state index in [-0.39, 0.29) is 0 Å². The molecule has 2 atom stereocenters. The molecule has 2 N–H and O–H groups in total. The second-order valence-corrected chi connectivity index (χ2v) is 5.37. The average molecular weight is 235 g/mol. The summed E-state index contributed by atoms with van der Waals surface area (Å²) in [6.07, 6.45) is 0.727. The minimum absolute atomic E-state index is 0.412. The van der Waals surface area contributed by atoms with Crippen LogP contribution in [0.3, 0.4) is 0 Å². The van der Waals surface area contributed by atoms with Crippen molar-refractivity contribution >= 4 is 0 Å². The molecule has 0 heterocycles. The lowest BCUT2D eigenvalue weighted by molar-refractivity contribution is 0.169. The summed E-state index contributed by atoms with van der Waals surface area (Å²) in [6.45, 7) is 9.27. The molecule has 1 aromatic rings. The average Bonchev–Trinajstić information content (AvgIpc) is 2.25. The number of hydrogen-bond acceptors (Lipinski definition) is 2. The fraction of sp³-hybridized carbons (Fsp3) is 0.600. The van der Waals surface area contributed by atoms with Crippen LogP contribution in [-0.2, 0) is 0 Å². The summed E-state index contributed by atoms with van der Waals surface area (Å²) in [7, 11) is 0. The smallest absolute Gasteiger partial charge is 0.0914 e. The zero-order valence-corrected chi connectivity index (χ0v) is 11.4. The van der Waals surface area contributed by atoms with E-state index < -0.39 is 6.10 Å². The molecule has 0 spiro atoms. The van der Waals surface area contributed by atoms with Crippen molar-refractivity contribution in [3.05, 3.63) is 35.4 Å². The fourth-order valence-corrected chi connectivity index (χ4v) is 2.10. The summed E-state index contributed by atoms with van der Waals surface area (Å²) in [6, 6.07) is 8.51. The van der Waals surface area contributed by atoms with Crippen molar-refractivity contribution in [3.63, 3.8) is 0 Å². The van der Waals surface area contributed by atoms with Gasteiger partial charge in [-0.25, -0.2) is 0 Å². The van der Waals surface area contributed by atoms with Crippen LogP contribution in [0.2, 0.25) is 0 Å². The lowest BCUT2D eigenvalue weighted by Crippen LogP contribution is -2.31. The maximum absolute atomic E-state index is 10.1. The van der Waals surface area contributed by atoms with Gasteiger partial charge in [0.2, 0.25) is 0 Å². The first-order valence-corrected chi connectivity index (χ1v) is 6.47. The van der Waals surface area contributed by atoms with Crippen molar-refractivity contribution in [2.45, 2.75) is 46.3 Å². The van der Waals surface area contributed by atoms with E-state index in [1.807, 2.05) is 31.2 Å². The molecule has 1 aromatic carbocycles. The summed E-state index contributed by atoms with van der Waals surface area (Å²) in [5.74, 6) is 0.689. The van der Waals surface area contributed by atoms with E-state index in [0.717, 1.165) is 12.0 Å². The molecule has 0 fully saturated rings. The number of aryl methyl sites for hydroxylation is 1. The van der Waals surface area contributed by atoms with Gasteiger partial charge in [-0.3, -0.25) is 0 Å². The number of rotatable bonds is 6. The van der Waals surface area contributed by atoms with Gasteiger partial charge in [0, 0.05) is 12.6 Å². The minimum Gasteiger partial charge on any atom is -0.387 e. The van der Waals surface area contributed by atoms with E-state index in [1.54, 1.807) is 0 Å². The zero-order valence-electron chi connectivity index (χ0n) is 11.4. The predicted octanol–water partition coefficient (Wildman–Crippen LogP) is 3.05. The molecular formula is C15H25NO. The highest BCUT2D eigenvalue weighted by atomic mass is 16.3. The summed E-state index contributed by atoms with van der Waals surface area (Å²) in [5, 5.41) is 13.4. The highest BCUT2D eigenvalue weighted by Gasteiger charge is 2.10. The van der Waals surface area contributed by atoms with Crippen molar-refractivity contribution in [1.82, 2.24) is 5.32 Å². The van der Waals surface area contributed by atoms with E-state index in [9.17, 15) is 5.11 Å². The Labute approximate surface area is 105 Å². The van der Waals surface area contributed by atoms with E-state index in [0.29, 0.717) is 18.5 Å². The van der Waals surface area contributed by atoms with Crippen molar-refractivity contribution < 1.29 is 5.11 Å². The Kier molecular flexibility index (Phi) is 5.66. The summed E-state index contributed by atoms with van der Waals surface area (Å²) in [4.78, 5) is 0. The van der Waals surface area contributed by atoms with E-state index in [1.165, 1.54) is 5.56 Å². The number of aliphatic hydroxyl groups excluding tert-OH is 1. The van der Waals surface area contributed by atoms with Crippen LogP contribution in [-0.4, -0.2) is 17.7 Å². The first-order valence-electron chi connectivity index (χ1n) is 6.47. The van der Waals surface area contributed by atoms with Crippen molar-refractivity contribution in [3.8, 4) is 0 Å². The minimum atomic E-state index is -0.412. The van der Waals surface area contributed by atoms with Crippen molar-refractivity contribution in [2.24, 2.45) is 5.92 Å². The van der Waals surface area contributed by atoms with Crippen LogP contribution in [0.1, 0.15) is 44.4 Å². The Morgan fingerprint density at radius 3 is 2.53 bits per heavy atom. The number of hydrogen-bond donors (Lipinski definition) is 2. The third kappa shape index (κ3) is 5.33.